The summed E-state index contributed by atoms with van der Waals surface area (Å²) >= 11 is 6.16. The van der Waals surface area contributed by atoms with E-state index < -0.39 is 5.82 Å². The summed E-state index contributed by atoms with van der Waals surface area (Å²) in [4.78, 5) is 36.8. The summed E-state index contributed by atoms with van der Waals surface area (Å²) < 4.78 is 16.8. The van der Waals surface area contributed by atoms with Gasteiger partial charge in [-0.1, -0.05) is 55.5 Å². The molecule has 2 fully saturated rings. The fourth-order valence-corrected chi connectivity index (χ4v) is 7.10. The normalized spacial score (nSPS) is 20.7. The van der Waals surface area contributed by atoms with Crippen LogP contribution in [0.5, 0.6) is 0 Å². The molecule has 1 saturated carbocycles. The lowest BCUT2D eigenvalue weighted by atomic mass is 9.92. The van der Waals surface area contributed by atoms with Crippen LogP contribution in [-0.4, -0.2) is 52.9 Å². The number of imidazole rings is 1. The predicted molar refractivity (Wildman–Crippen MR) is 163 cm³/mol. The lowest BCUT2D eigenvalue weighted by Gasteiger charge is -2.33. The van der Waals surface area contributed by atoms with Crippen molar-refractivity contribution in [2.75, 3.05) is 5.32 Å². The number of aromatic amines is 1. The molecule has 2 amide bonds. The molecule has 1 saturated heterocycles. The van der Waals surface area contributed by atoms with Gasteiger partial charge in [-0.3, -0.25) is 9.59 Å². The van der Waals surface area contributed by atoms with Crippen LogP contribution in [0.1, 0.15) is 75.2 Å². The van der Waals surface area contributed by atoms with Crippen LogP contribution >= 0.6 is 11.6 Å². The van der Waals surface area contributed by atoms with Gasteiger partial charge >= 0.3 is 0 Å². The molecule has 0 bridgehead atoms. The van der Waals surface area contributed by atoms with Crippen molar-refractivity contribution in [2.24, 2.45) is 5.92 Å². The number of para-hydroxylation sites is 1. The highest BCUT2D eigenvalue weighted by Gasteiger charge is 2.42. The van der Waals surface area contributed by atoms with Crippen molar-refractivity contribution in [1.29, 1.82) is 0 Å². The topological polar surface area (TPSA) is 122 Å². The molecular formula is C32H32ClFN8O2. The van der Waals surface area contributed by atoms with Crippen LogP contribution in [0.2, 0.25) is 5.02 Å². The van der Waals surface area contributed by atoms with Gasteiger partial charge < -0.3 is 15.2 Å². The minimum Gasteiger partial charge on any atom is -0.346 e. The molecule has 4 heterocycles. The monoisotopic (exact) mass is 614 g/mol. The zero-order valence-electron chi connectivity index (χ0n) is 24.0. The molecule has 4 aromatic rings. The van der Waals surface area contributed by atoms with Gasteiger partial charge in [-0.15, -0.1) is 5.10 Å². The maximum Gasteiger partial charge on any atom is 0.247 e. The Balaban J connectivity index is 1.13. The molecule has 2 aromatic carbocycles. The van der Waals surface area contributed by atoms with Crippen molar-refractivity contribution in [3.05, 3.63) is 77.2 Å². The number of carbonyl (C=O) groups is 2. The van der Waals surface area contributed by atoms with Gasteiger partial charge in [0.2, 0.25) is 11.8 Å². The summed E-state index contributed by atoms with van der Waals surface area (Å²) in [5, 5.41) is 14.4. The molecule has 2 aromatic heterocycles. The van der Waals surface area contributed by atoms with E-state index in [4.69, 9.17) is 16.6 Å². The maximum atomic E-state index is 15.4. The number of fused-ring (bicyclic) bond motifs is 1. The van der Waals surface area contributed by atoms with Crippen LogP contribution < -0.4 is 5.32 Å². The van der Waals surface area contributed by atoms with E-state index in [9.17, 15) is 9.59 Å². The Hall–Kier alpha value is -4.38. The molecule has 0 radical (unpaired) electrons. The molecule has 1 unspecified atom stereocenters. The first-order chi connectivity index (χ1) is 21.5. The van der Waals surface area contributed by atoms with Gasteiger partial charge in [0.1, 0.15) is 12.2 Å². The smallest absolute Gasteiger partial charge is 0.247 e. The van der Waals surface area contributed by atoms with E-state index in [1.54, 1.807) is 6.07 Å². The number of nitrogens with zero attached hydrogens (tertiary/aromatic N) is 6. The van der Waals surface area contributed by atoms with Crippen LogP contribution in [-0.2, 0) is 9.59 Å². The lowest BCUT2D eigenvalue weighted by Crippen LogP contribution is -2.39. The minimum absolute atomic E-state index is 0.0307. The third-order valence-electron chi connectivity index (χ3n) is 9.10. The summed E-state index contributed by atoms with van der Waals surface area (Å²) in [6.45, 7) is 0. The third-order valence-corrected chi connectivity index (χ3v) is 9.39. The Morgan fingerprint density at radius 3 is 2.66 bits per heavy atom. The number of nitrogens with one attached hydrogen (secondary N) is 2. The number of tetrazole rings is 1. The Bertz CT molecular complexity index is 1730. The van der Waals surface area contributed by atoms with Crippen LogP contribution in [0.25, 0.3) is 22.5 Å². The molecule has 2 aliphatic heterocycles. The second-order valence-corrected chi connectivity index (χ2v) is 12.2. The molecule has 226 valence electrons. The van der Waals surface area contributed by atoms with E-state index in [1.165, 1.54) is 36.0 Å². The average molecular weight is 615 g/mol. The van der Waals surface area contributed by atoms with Gasteiger partial charge in [-0.2, -0.15) is 4.68 Å². The lowest BCUT2D eigenvalue weighted by molar-refractivity contribution is -0.129. The summed E-state index contributed by atoms with van der Waals surface area (Å²) in [7, 11) is 0. The van der Waals surface area contributed by atoms with Crippen molar-refractivity contribution < 1.29 is 14.0 Å². The van der Waals surface area contributed by atoms with Crippen molar-refractivity contribution in [3.63, 3.8) is 0 Å². The van der Waals surface area contributed by atoms with Crippen LogP contribution in [0.4, 0.5) is 10.1 Å². The van der Waals surface area contributed by atoms with Gasteiger partial charge in [-0.05, 0) is 66.3 Å². The molecule has 1 aliphatic carbocycles. The number of hydrogen-bond acceptors (Lipinski definition) is 6. The summed E-state index contributed by atoms with van der Waals surface area (Å²) in [6, 6.07) is 10.4. The highest BCUT2D eigenvalue weighted by Crippen LogP contribution is 2.44. The third kappa shape index (κ3) is 5.29. The van der Waals surface area contributed by atoms with Gasteiger partial charge in [0.15, 0.2) is 5.82 Å². The summed E-state index contributed by atoms with van der Waals surface area (Å²) in [5.41, 5.74) is 3.45. The Morgan fingerprint density at radius 1 is 1.05 bits per heavy atom. The second-order valence-electron chi connectivity index (χ2n) is 11.8. The molecule has 0 spiro atoms. The van der Waals surface area contributed by atoms with Crippen LogP contribution in [0.15, 0.2) is 55.0 Å². The molecule has 7 rings (SSSR count). The Morgan fingerprint density at radius 2 is 1.86 bits per heavy atom. The van der Waals surface area contributed by atoms with Gasteiger partial charge in [0, 0.05) is 35.4 Å². The molecule has 44 heavy (non-hydrogen) atoms. The highest BCUT2D eigenvalue weighted by atomic mass is 35.5. The molecule has 3 aliphatic rings. The van der Waals surface area contributed by atoms with Crippen molar-refractivity contribution >= 4 is 34.7 Å². The molecule has 10 nitrogen and oxygen atoms in total. The summed E-state index contributed by atoms with van der Waals surface area (Å²) in [6.07, 6.45) is 13.0. The van der Waals surface area contributed by atoms with Crippen molar-refractivity contribution in [3.8, 4) is 16.9 Å². The largest absolute Gasteiger partial charge is 0.346 e. The zero-order chi connectivity index (χ0) is 30.2. The predicted octanol–water partition coefficient (Wildman–Crippen LogP) is 6.27. The highest BCUT2D eigenvalue weighted by molar-refractivity contribution is 6.31. The maximum absolute atomic E-state index is 15.4. The van der Waals surface area contributed by atoms with E-state index >= 15 is 4.39 Å². The standard InChI is InChI=1S/C32H32ClFN8O2/c33-23-12-14-26(41-18-36-39-40-41)29(30(23)34)20-15-21-11-13-27(42(21)28(43)16-20)31-35-17-25(37-31)22-9-5-6-10-24(22)38-32(44)19-7-3-1-2-4-8-19/h5-6,9-10,12,14,16-19,21,27H,1-4,7-8,11,13,15H2,(H,35,37)(H,38,44)/t21?,27-/m0/s1. The number of halogens is 2. The quantitative estimate of drug-likeness (QED) is 0.247. The minimum atomic E-state index is -0.609. The SMILES string of the molecule is O=C(Nc1ccccc1-c1c[nH]c([C@@H]2CCC3CC(c4c(-n5cnnn5)ccc(Cl)c4F)=CC(=O)N32)n1)C1CCCCCC1. The number of carbonyl (C=O) groups excluding carboxylic acids is 2. The Kier molecular flexibility index (Phi) is 7.71. The fraction of sp³-hybridized carbons (Fsp3) is 0.375. The van der Waals surface area contributed by atoms with Gasteiger partial charge in [0.05, 0.1) is 28.1 Å². The second kappa shape index (κ2) is 12.0. The van der Waals surface area contributed by atoms with Crippen molar-refractivity contribution in [2.45, 2.75) is 69.9 Å². The number of hydrogen-bond donors (Lipinski definition) is 2. The number of anilines is 1. The van der Waals surface area contributed by atoms with Crippen molar-refractivity contribution in [1.82, 2.24) is 35.1 Å². The Labute approximate surface area is 258 Å². The molecule has 12 heteroatoms. The number of amides is 2. The molecule has 2 atom stereocenters. The van der Waals surface area contributed by atoms with Gasteiger partial charge in [0.25, 0.3) is 0 Å². The van der Waals surface area contributed by atoms with E-state index in [1.807, 2.05) is 35.4 Å². The summed E-state index contributed by atoms with van der Waals surface area (Å²) in [5.74, 6) is -0.0457. The van der Waals surface area contributed by atoms with E-state index in [0.717, 1.165) is 43.4 Å². The molecule has 2 N–H and O–H groups in total. The molecular weight excluding hydrogens is 583 g/mol. The number of rotatable bonds is 6. The number of H-pyrrole nitrogens is 1. The first-order valence-corrected chi connectivity index (χ1v) is 15.6. The van der Waals surface area contributed by atoms with Crippen LogP contribution in [0.3, 0.4) is 0 Å². The first-order valence-electron chi connectivity index (χ1n) is 15.2. The van der Waals surface area contributed by atoms with Gasteiger partial charge in [-0.25, -0.2) is 9.37 Å². The fourth-order valence-electron chi connectivity index (χ4n) is 6.94. The van der Waals surface area contributed by atoms with E-state index in [2.05, 4.69) is 25.8 Å². The van der Waals surface area contributed by atoms with E-state index in [-0.39, 0.29) is 40.4 Å². The van der Waals surface area contributed by atoms with E-state index in [0.29, 0.717) is 35.6 Å². The first kappa shape index (κ1) is 28.4. The number of aromatic nitrogens is 6. The number of benzene rings is 2. The average Bonchev–Trinajstić information content (AvgIpc) is 3.77. The van der Waals surface area contributed by atoms with Crippen LogP contribution in [0, 0.1) is 11.7 Å². The zero-order valence-corrected chi connectivity index (χ0v) is 24.8.